The Morgan fingerprint density at radius 2 is 1.95 bits per heavy atom. The average Bonchev–Trinajstić information content (AvgIpc) is 2.54. The van der Waals surface area contributed by atoms with Crippen molar-refractivity contribution in [3.63, 3.8) is 0 Å². The quantitative estimate of drug-likeness (QED) is 0.849. The van der Waals surface area contributed by atoms with Crippen LogP contribution in [-0.2, 0) is 9.53 Å². The van der Waals surface area contributed by atoms with Gasteiger partial charge in [-0.25, -0.2) is 4.39 Å². The third-order valence-electron chi connectivity index (χ3n) is 4.08. The summed E-state index contributed by atoms with van der Waals surface area (Å²) in [5, 5.41) is 12.9. The lowest BCUT2D eigenvalue weighted by Gasteiger charge is -2.23. The van der Waals surface area contributed by atoms with E-state index < -0.39 is 12.1 Å². The number of aliphatic hydroxyl groups excluding tert-OH is 1. The lowest BCUT2D eigenvalue weighted by molar-refractivity contribution is -0.129. The molecule has 2 N–H and O–H groups in total. The van der Waals surface area contributed by atoms with Crippen LogP contribution in [0.5, 0.6) is 0 Å². The second-order valence-electron chi connectivity index (χ2n) is 5.92. The fraction of sp³-hybridized carbons (Fsp3) is 0.588. The molecule has 1 amide bonds. The molecule has 5 heteroatoms. The van der Waals surface area contributed by atoms with Gasteiger partial charge in [-0.1, -0.05) is 31.4 Å². The maximum Gasteiger partial charge on any atom is 0.246 e. The summed E-state index contributed by atoms with van der Waals surface area (Å²) in [6, 6.07) is 5.15. The van der Waals surface area contributed by atoms with Crippen LogP contribution in [0.2, 0.25) is 0 Å². The van der Waals surface area contributed by atoms with Gasteiger partial charge in [0.25, 0.3) is 0 Å². The third-order valence-corrected chi connectivity index (χ3v) is 4.08. The summed E-state index contributed by atoms with van der Waals surface area (Å²) >= 11 is 0. The van der Waals surface area contributed by atoms with Crippen molar-refractivity contribution >= 4 is 5.91 Å². The highest BCUT2D eigenvalue weighted by Gasteiger charge is 2.20. The summed E-state index contributed by atoms with van der Waals surface area (Å²) in [4.78, 5) is 11.9. The molecule has 1 aliphatic carbocycles. The molecule has 22 heavy (non-hydrogen) atoms. The van der Waals surface area contributed by atoms with Crippen LogP contribution in [0.1, 0.15) is 50.7 Å². The van der Waals surface area contributed by atoms with E-state index in [1.54, 1.807) is 6.92 Å². The highest BCUT2D eigenvalue weighted by atomic mass is 19.1. The van der Waals surface area contributed by atoms with Crippen molar-refractivity contribution in [3.05, 3.63) is 35.6 Å². The second-order valence-corrected chi connectivity index (χ2v) is 5.92. The maximum absolute atomic E-state index is 12.9. The van der Waals surface area contributed by atoms with E-state index >= 15 is 0 Å². The summed E-state index contributed by atoms with van der Waals surface area (Å²) in [5.41, 5.74) is 0.572. The van der Waals surface area contributed by atoms with Crippen LogP contribution in [0.4, 0.5) is 4.39 Å². The number of carbonyl (C=O) groups is 1. The van der Waals surface area contributed by atoms with Gasteiger partial charge in [0.15, 0.2) is 0 Å². The average molecular weight is 309 g/mol. The Morgan fingerprint density at radius 3 is 2.59 bits per heavy atom. The molecular weight excluding hydrogens is 285 g/mol. The molecule has 1 aromatic rings. The van der Waals surface area contributed by atoms with Gasteiger partial charge in [0.05, 0.1) is 18.2 Å². The van der Waals surface area contributed by atoms with E-state index in [-0.39, 0.29) is 24.4 Å². The number of benzene rings is 1. The predicted molar refractivity (Wildman–Crippen MR) is 81.8 cm³/mol. The van der Waals surface area contributed by atoms with Crippen molar-refractivity contribution in [3.8, 4) is 0 Å². The molecule has 0 bridgehead atoms. The molecule has 0 unspecified atom stereocenters. The molecule has 2 rings (SSSR count). The van der Waals surface area contributed by atoms with Gasteiger partial charge in [-0.05, 0) is 37.5 Å². The molecule has 0 saturated heterocycles. The smallest absolute Gasteiger partial charge is 0.246 e. The highest BCUT2D eigenvalue weighted by molar-refractivity contribution is 5.77. The van der Waals surface area contributed by atoms with Gasteiger partial charge < -0.3 is 15.2 Å². The van der Waals surface area contributed by atoms with Crippen molar-refractivity contribution in [1.29, 1.82) is 0 Å². The summed E-state index contributed by atoms with van der Waals surface area (Å²) in [7, 11) is 0. The van der Waals surface area contributed by atoms with Crippen molar-refractivity contribution in [2.24, 2.45) is 0 Å². The van der Waals surface area contributed by atoms with E-state index in [2.05, 4.69) is 5.32 Å². The van der Waals surface area contributed by atoms with Gasteiger partial charge in [0, 0.05) is 0 Å². The number of hydrogen-bond acceptors (Lipinski definition) is 3. The van der Waals surface area contributed by atoms with E-state index in [9.17, 15) is 14.3 Å². The van der Waals surface area contributed by atoms with E-state index in [0.29, 0.717) is 5.56 Å². The summed E-state index contributed by atoms with van der Waals surface area (Å²) in [5.74, 6) is -0.590. The van der Waals surface area contributed by atoms with Crippen molar-refractivity contribution in [2.75, 3.05) is 6.61 Å². The summed E-state index contributed by atoms with van der Waals surface area (Å²) in [6.07, 6.45) is 4.89. The largest absolute Gasteiger partial charge is 0.386 e. The Labute approximate surface area is 130 Å². The summed E-state index contributed by atoms with van der Waals surface area (Å²) < 4.78 is 18.5. The van der Waals surface area contributed by atoms with E-state index in [1.807, 2.05) is 0 Å². The zero-order valence-corrected chi connectivity index (χ0v) is 12.9. The SMILES string of the molecule is C[C@H](NC(=O)COC1CCCCC1)[C@H](O)c1ccc(F)cc1. The molecule has 122 valence electrons. The first-order valence-electron chi connectivity index (χ1n) is 7.91. The minimum Gasteiger partial charge on any atom is -0.386 e. The molecule has 1 aliphatic rings. The van der Waals surface area contributed by atoms with Crippen LogP contribution in [0, 0.1) is 5.82 Å². The Kier molecular flexibility index (Phi) is 6.34. The Balaban J connectivity index is 1.76. The topological polar surface area (TPSA) is 58.6 Å². The molecule has 1 aromatic carbocycles. The number of nitrogens with one attached hydrogen (secondary N) is 1. The fourth-order valence-corrected chi connectivity index (χ4v) is 2.75. The number of amides is 1. The van der Waals surface area contributed by atoms with Gasteiger partial charge in [0.2, 0.25) is 5.91 Å². The number of rotatable bonds is 6. The zero-order chi connectivity index (χ0) is 15.9. The molecule has 0 aliphatic heterocycles. The first-order valence-corrected chi connectivity index (χ1v) is 7.91. The minimum atomic E-state index is -0.876. The van der Waals surface area contributed by atoms with Gasteiger partial charge in [-0.2, -0.15) is 0 Å². The minimum absolute atomic E-state index is 0.0190. The van der Waals surface area contributed by atoms with Crippen LogP contribution in [0.15, 0.2) is 24.3 Å². The summed E-state index contributed by atoms with van der Waals surface area (Å²) in [6.45, 7) is 1.73. The van der Waals surface area contributed by atoms with Crippen LogP contribution in [0.25, 0.3) is 0 Å². The van der Waals surface area contributed by atoms with Gasteiger partial charge in [-0.15, -0.1) is 0 Å². The Morgan fingerprint density at radius 1 is 1.32 bits per heavy atom. The molecule has 2 atom stereocenters. The normalized spacial score (nSPS) is 18.7. The molecule has 4 nitrogen and oxygen atoms in total. The number of halogens is 1. The Hall–Kier alpha value is -1.46. The molecular formula is C17H24FNO3. The molecule has 0 spiro atoms. The van der Waals surface area contributed by atoms with Crippen molar-refractivity contribution in [1.82, 2.24) is 5.32 Å². The van der Waals surface area contributed by atoms with Gasteiger partial charge in [0.1, 0.15) is 12.4 Å². The first kappa shape index (κ1) is 16.9. The molecule has 1 saturated carbocycles. The predicted octanol–water partition coefficient (Wildman–Crippen LogP) is 2.71. The third kappa shape index (κ3) is 5.07. The van der Waals surface area contributed by atoms with Crippen molar-refractivity contribution in [2.45, 2.75) is 57.3 Å². The Bertz CT molecular complexity index is 471. The molecule has 0 heterocycles. The van der Waals surface area contributed by atoms with E-state index in [4.69, 9.17) is 4.74 Å². The van der Waals surface area contributed by atoms with Gasteiger partial charge in [-0.3, -0.25) is 4.79 Å². The van der Waals surface area contributed by atoms with Crippen LogP contribution in [-0.4, -0.2) is 29.8 Å². The van der Waals surface area contributed by atoms with Crippen LogP contribution >= 0.6 is 0 Å². The van der Waals surface area contributed by atoms with Gasteiger partial charge >= 0.3 is 0 Å². The lowest BCUT2D eigenvalue weighted by atomic mass is 9.98. The number of ether oxygens (including phenoxy) is 1. The highest BCUT2D eigenvalue weighted by Crippen LogP contribution is 2.20. The van der Waals surface area contributed by atoms with Crippen LogP contribution < -0.4 is 5.32 Å². The molecule has 0 aromatic heterocycles. The zero-order valence-electron chi connectivity index (χ0n) is 12.9. The van der Waals surface area contributed by atoms with E-state index in [0.717, 1.165) is 25.7 Å². The second kappa shape index (κ2) is 8.25. The molecule has 0 radical (unpaired) electrons. The van der Waals surface area contributed by atoms with E-state index in [1.165, 1.54) is 30.7 Å². The van der Waals surface area contributed by atoms with Crippen molar-refractivity contribution < 1.29 is 19.0 Å². The fourth-order valence-electron chi connectivity index (χ4n) is 2.75. The number of aliphatic hydroxyl groups is 1. The monoisotopic (exact) mass is 309 g/mol. The lowest BCUT2D eigenvalue weighted by Crippen LogP contribution is -2.39. The first-order chi connectivity index (χ1) is 10.6. The van der Waals surface area contributed by atoms with Crippen LogP contribution in [0.3, 0.4) is 0 Å². The molecule has 1 fully saturated rings. The maximum atomic E-state index is 12.9. The number of hydrogen-bond donors (Lipinski definition) is 2. The number of carbonyl (C=O) groups excluding carboxylic acids is 1. The standard InChI is InChI=1S/C17H24FNO3/c1-12(17(21)13-7-9-14(18)10-8-13)19-16(20)11-22-15-5-3-2-4-6-15/h7-10,12,15,17,21H,2-6,11H2,1H3,(H,19,20)/t12-,17-/m0/s1.